The molecule has 2 saturated heterocycles. The number of carbonyl (C=O) groups is 1. The van der Waals surface area contributed by atoms with Gasteiger partial charge in [-0.2, -0.15) is 5.10 Å². The molecule has 1 aromatic carbocycles. The second-order valence-electron chi connectivity index (χ2n) is 9.92. The van der Waals surface area contributed by atoms with Crippen LogP contribution in [-0.2, 0) is 22.4 Å². The third kappa shape index (κ3) is 5.59. The molecular weight excluding hydrogens is 452 g/mol. The second kappa shape index (κ2) is 11.2. The van der Waals surface area contributed by atoms with Gasteiger partial charge in [0.25, 0.3) is 0 Å². The number of amides is 1. The quantitative estimate of drug-likeness (QED) is 0.507. The van der Waals surface area contributed by atoms with Gasteiger partial charge in [0.05, 0.1) is 18.9 Å². The van der Waals surface area contributed by atoms with Gasteiger partial charge in [-0.1, -0.05) is 30.3 Å². The zero-order valence-electron chi connectivity index (χ0n) is 21.4. The van der Waals surface area contributed by atoms with E-state index in [4.69, 9.17) is 9.84 Å². The Morgan fingerprint density at radius 1 is 0.944 bits per heavy atom. The maximum absolute atomic E-state index is 13.0. The first kappa shape index (κ1) is 24.4. The van der Waals surface area contributed by atoms with Crippen molar-refractivity contribution in [1.82, 2.24) is 24.9 Å². The van der Waals surface area contributed by atoms with Crippen molar-refractivity contribution in [3.05, 3.63) is 65.0 Å². The summed E-state index contributed by atoms with van der Waals surface area (Å²) >= 11 is 0. The molecule has 0 radical (unpaired) electrons. The van der Waals surface area contributed by atoms with E-state index < -0.39 is 0 Å². The fourth-order valence-electron chi connectivity index (χ4n) is 5.38. The largest absolute Gasteiger partial charge is 0.378 e. The Bertz CT molecular complexity index is 1150. The van der Waals surface area contributed by atoms with Crippen molar-refractivity contribution < 1.29 is 9.53 Å². The van der Waals surface area contributed by atoms with E-state index in [9.17, 15) is 4.79 Å². The van der Waals surface area contributed by atoms with Gasteiger partial charge in [0.2, 0.25) is 5.91 Å². The Kier molecular flexibility index (Phi) is 7.60. The number of anilines is 1. The minimum absolute atomic E-state index is 0.245. The fourth-order valence-corrected chi connectivity index (χ4v) is 5.38. The molecule has 2 fully saturated rings. The Balaban J connectivity index is 1.15. The van der Waals surface area contributed by atoms with Crippen molar-refractivity contribution >= 4 is 11.7 Å². The minimum Gasteiger partial charge on any atom is -0.378 e. The molecule has 4 heterocycles. The fraction of sp³-hybridized carbons (Fsp3) is 0.500. The molecule has 0 aliphatic carbocycles. The summed E-state index contributed by atoms with van der Waals surface area (Å²) in [6.45, 7) is 8.87. The van der Waals surface area contributed by atoms with Gasteiger partial charge in [-0.3, -0.25) is 4.79 Å². The molecule has 0 N–H and O–H groups in total. The monoisotopic (exact) mass is 488 g/mol. The van der Waals surface area contributed by atoms with Crippen LogP contribution in [0, 0.1) is 19.8 Å². The predicted molar refractivity (Wildman–Crippen MR) is 139 cm³/mol. The number of ether oxygens (including phenoxy) is 1. The van der Waals surface area contributed by atoms with Crippen LogP contribution >= 0.6 is 0 Å². The first-order valence-electron chi connectivity index (χ1n) is 13.1. The average molecular weight is 489 g/mol. The number of hydrogen-bond acceptors (Lipinski definition) is 6. The molecule has 0 atom stereocenters. The predicted octanol–water partition coefficient (Wildman–Crippen LogP) is 3.53. The van der Waals surface area contributed by atoms with E-state index >= 15 is 0 Å². The van der Waals surface area contributed by atoms with Crippen molar-refractivity contribution in [2.75, 3.05) is 44.3 Å². The van der Waals surface area contributed by atoms with E-state index in [2.05, 4.69) is 45.4 Å². The van der Waals surface area contributed by atoms with E-state index in [1.807, 2.05) is 35.6 Å². The van der Waals surface area contributed by atoms with E-state index in [0.29, 0.717) is 37.8 Å². The summed E-state index contributed by atoms with van der Waals surface area (Å²) in [6, 6.07) is 14.6. The highest BCUT2D eigenvalue weighted by Crippen LogP contribution is 2.24. The van der Waals surface area contributed by atoms with Crippen LogP contribution in [0.4, 0.5) is 5.82 Å². The lowest BCUT2D eigenvalue weighted by Gasteiger charge is -2.32. The zero-order valence-corrected chi connectivity index (χ0v) is 21.4. The van der Waals surface area contributed by atoms with Crippen LogP contribution in [-0.4, -0.2) is 70.2 Å². The maximum atomic E-state index is 13.0. The smallest absolute Gasteiger partial charge is 0.222 e. The van der Waals surface area contributed by atoms with Crippen molar-refractivity contribution in [3.63, 3.8) is 0 Å². The molecule has 8 nitrogen and oxygen atoms in total. The summed E-state index contributed by atoms with van der Waals surface area (Å²) in [5.41, 5.74) is 4.49. The lowest BCUT2D eigenvalue weighted by Crippen LogP contribution is -2.39. The average Bonchev–Trinajstić information content (AvgIpc) is 3.21. The second-order valence-corrected chi connectivity index (χ2v) is 9.92. The number of nitrogens with zero attached hydrogens (tertiary/aromatic N) is 6. The summed E-state index contributed by atoms with van der Waals surface area (Å²) in [5, 5.41) is 13.6. The van der Waals surface area contributed by atoms with Gasteiger partial charge in [0, 0.05) is 38.3 Å². The van der Waals surface area contributed by atoms with Crippen molar-refractivity contribution in [2.24, 2.45) is 5.92 Å². The topological polar surface area (TPSA) is 76.4 Å². The molecule has 2 aliphatic heterocycles. The molecule has 0 spiro atoms. The van der Waals surface area contributed by atoms with Crippen LogP contribution in [0.25, 0.3) is 5.82 Å². The molecule has 0 bridgehead atoms. The van der Waals surface area contributed by atoms with Gasteiger partial charge in [0.1, 0.15) is 0 Å². The minimum atomic E-state index is 0.245. The molecule has 2 aromatic heterocycles. The number of benzene rings is 1. The normalized spacial score (nSPS) is 16.9. The first-order chi connectivity index (χ1) is 17.6. The molecular formula is C28H36N6O2. The van der Waals surface area contributed by atoms with Crippen LogP contribution in [0.2, 0.25) is 0 Å². The summed E-state index contributed by atoms with van der Waals surface area (Å²) in [6.07, 6.45) is 4.47. The third-order valence-corrected chi connectivity index (χ3v) is 7.55. The summed E-state index contributed by atoms with van der Waals surface area (Å²) in [5.74, 6) is 2.47. The maximum Gasteiger partial charge on any atom is 0.222 e. The zero-order chi connectivity index (χ0) is 24.9. The molecule has 36 heavy (non-hydrogen) atoms. The highest BCUT2D eigenvalue weighted by atomic mass is 16.5. The van der Waals surface area contributed by atoms with Crippen molar-refractivity contribution in [1.29, 1.82) is 0 Å². The van der Waals surface area contributed by atoms with Crippen LogP contribution in [0.15, 0.2) is 42.5 Å². The van der Waals surface area contributed by atoms with E-state index in [1.165, 1.54) is 5.56 Å². The van der Waals surface area contributed by atoms with Gasteiger partial charge in [0.15, 0.2) is 11.6 Å². The number of aromatic nitrogens is 4. The number of carbonyl (C=O) groups excluding carboxylic acids is 1. The number of hydrogen-bond donors (Lipinski definition) is 0. The standard InChI is InChI=1S/C28H36N6O2/c1-21-25(8-11-28(35)33-14-12-24(13-15-33)20-23-6-4-3-5-7-23)22(2)34(31-21)27-10-9-26(29-30-27)32-16-18-36-19-17-32/h3-7,9-10,24H,8,11-20H2,1-2H3. The van der Waals surface area contributed by atoms with Crippen molar-refractivity contribution in [3.8, 4) is 5.82 Å². The highest BCUT2D eigenvalue weighted by Gasteiger charge is 2.24. The lowest BCUT2D eigenvalue weighted by molar-refractivity contribution is -0.132. The van der Waals surface area contributed by atoms with Crippen molar-refractivity contribution in [2.45, 2.75) is 46.0 Å². The number of morpholine rings is 1. The summed E-state index contributed by atoms with van der Waals surface area (Å²) in [7, 11) is 0. The van der Waals surface area contributed by atoms with E-state index in [-0.39, 0.29) is 5.91 Å². The first-order valence-corrected chi connectivity index (χ1v) is 13.1. The van der Waals surface area contributed by atoms with E-state index in [0.717, 1.165) is 68.2 Å². The molecule has 8 heteroatoms. The summed E-state index contributed by atoms with van der Waals surface area (Å²) < 4.78 is 7.27. The molecule has 0 unspecified atom stereocenters. The number of likely N-dealkylation sites (tertiary alicyclic amines) is 1. The van der Waals surface area contributed by atoms with Gasteiger partial charge < -0.3 is 14.5 Å². The van der Waals surface area contributed by atoms with Crippen LogP contribution in [0.1, 0.15) is 41.8 Å². The Morgan fingerprint density at radius 3 is 2.33 bits per heavy atom. The van der Waals surface area contributed by atoms with Crippen LogP contribution in [0.5, 0.6) is 0 Å². The molecule has 2 aliphatic rings. The van der Waals surface area contributed by atoms with Crippen LogP contribution < -0.4 is 4.90 Å². The number of aryl methyl sites for hydroxylation is 1. The molecule has 190 valence electrons. The third-order valence-electron chi connectivity index (χ3n) is 7.55. The number of rotatable bonds is 7. The highest BCUT2D eigenvalue weighted by molar-refractivity contribution is 5.76. The van der Waals surface area contributed by atoms with Gasteiger partial charge in [-0.05, 0) is 68.7 Å². The molecule has 1 amide bonds. The SMILES string of the molecule is Cc1nn(-c2ccc(N3CCOCC3)nn2)c(C)c1CCC(=O)N1CCC(Cc2ccccc2)CC1. The Morgan fingerprint density at radius 2 is 1.64 bits per heavy atom. The lowest BCUT2D eigenvalue weighted by atomic mass is 9.90. The Labute approximate surface area is 213 Å². The van der Waals surface area contributed by atoms with Crippen LogP contribution in [0.3, 0.4) is 0 Å². The number of piperidine rings is 1. The van der Waals surface area contributed by atoms with E-state index in [1.54, 1.807) is 0 Å². The van der Waals surface area contributed by atoms with Gasteiger partial charge >= 0.3 is 0 Å². The molecule has 3 aromatic rings. The molecule has 0 saturated carbocycles. The summed E-state index contributed by atoms with van der Waals surface area (Å²) in [4.78, 5) is 17.2. The Hall–Kier alpha value is -3.26. The molecule has 5 rings (SSSR count). The van der Waals surface area contributed by atoms with Gasteiger partial charge in [-0.15, -0.1) is 10.2 Å². The van der Waals surface area contributed by atoms with Gasteiger partial charge in [-0.25, -0.2) is 4.68 Å².